The Morgan fingerprint density at radius 3 is 2.82 bits per heavy atom. The molecule has 0 aliphatic carbocycles. The molecule has 5 nitrogen and oxygen atoms in total. The van der Waals surface area contributed by atoms with Crippen LogP contribution in [0.25, 0.3) is 0 Å². The van der Waals surface area contributed by atoms with Crippen LogP contribution in [0.1, 0.15) is 5.82 Å². The van der Waals surface area contributed by atoms with Crippen LogP contribution in [0.3, 0.4) is 0 Å². The molecule has 1 saturated heterocycles. The first-order valence-electron chi connectivity index (χ1n) is 4.90. The number of ether oxygens (including phenoxy) is 2. The summed E-state index contributed by atoms with van der Waals surface area (Å²) in [5.74, 6) is -1.12. The minimum atomic E-state index is -4.50. The van der Waals surface area contributed by atoms with E-state index in [1.54, 1.807) is 0 Å². The van der Waals surface area contributed by atoms with Crippen molar-refractivity contribution < 1.29 is 22.6 Å². The third-order valence-corrected chi connectivity index (χ3v) is 2.72. The standard InChI is InChI=1S/C8H10F3N3O2S/c9-8(10,11)6-13-7(17-14-6)12-3-5-4-15-1-2-16-5/h5H,1-4H2,(H,12,13,14). The third-order valence-electron chi connectivity index (χ3n) is 2.05. The van der Waals surface area contributed by atoms with Crippen LogP contribution in [0.5, 0.6) is 0 Å². The topological polar surface area (TPSA) is 56.3 Å². The van der Waals surface area contributed by atoms with Crippen LogP contribution in [0, 0.1) is 0 Å². The number of aromatic nitrogens is 2. The van der Waals surface area contributed by atoms with Gasteiger partial charge >= 0.3 is 6.18 Å². The monoisotopic (exact) mass is 269 g/mol. The van der Waals surface area contributed by atoms with Crippen molar-refractivity contribution in [2.75, 3.05) is 31.7 Å². The molecule has 1 aliphatic rings. The minimum Gasteiger partial charge on any atom is -0.376 e. The summed E-state index contributed by atoms with van der Waals surface area (Å²) in [6.45, 7) is 1.83. The van der Waals surface area contributed by atoms with Gasteiger partial charge in [0.1, 0.15) is 0 Å². The number of hydrogen-bond acceptors (Lipinski definition) is 6. The van der Waals surface area contributed by atoms with Gasteiger partial charge in [0.05, 0.1) is 25.9 Å². The van der Waals surface area contributed by atoms with Crippen molar-refractivity contribution in [3.8, 4) is 0 Å². The van der Waals surface area contributed by atoms with E-state index < -0.39 is 12.0 Å². The number of rotatable bonds is 3. The second-order valence-corrected chi connectivity index (χ2v) is 4.12. The van der Waals surface area contributed by atoms with Crippen LogP contribution in [-0.4, -0.2) is 41.8 Å². The van der Waals surface area contributed by atoms with E-state index in [4.69, 9.17) is 9.47 Å². The van der Waals surface area contributed by atoms with Gasteiger partial charge in [-0.05, 0) is 0 Å². The lowest BCUT2D eigenvalue weighted by Gasteiger charge is -2.22. The molecule has 1 aliphatic heterocycles. The Hall–Kier alpha value is -0.930. The van der Waals surface area contributed by atoms with Crippen LogP contribution >= 0.6 is 11.5 Å². The van der Waals surface area contributed by atoms with E-state index in [9.17, 15) is 13.2 Å². The van der Waals surface area contributed by atoms with E-state index in [1.807, 2.05) is 0 Å². The van der Waals surface area contributed by atoms with Crippen molar-refractivity contribution in [1.82, 2.24) is 9.36 Å². The van der Waals surface area contributed by atoms with Crippen molar-refractivity contribution in [1.29, 1.82) is 0 Å². The lowest BCUT2D eigenvalue weighted by molar-refractivity contribution is -0.144. The zero-order valence-corrected chi connectivity index (χ0v) is 9.48. The zero-order valence-electron chi connectivity index (χ0n) is 8.66. The van der Waals surface area contributed by atoms with Gasteiger partial charge in [-0.1, -0.05) is 0 Å². The van der Waals surface area contributed by atoms with Crippen LogP contribution in [-0.2, 0) is 15.7 Å². The Morgan fingerprint density at radius 1 is 1.41 bits per heavy atom. The summed E-state index contributed by atoms with van der Waals surface area (Å²) in [6, 6.07) is 0. The summed E-state index contributed by atoms with van der Waals surface area (Å²) < 4.78 is 50.3. The van der Waals surface area contributed by atoms with E-state index in [-0.39, 0.29) is 11.2 Å². The normalized spacial score (nSPS) is 21.5. The highest BCUT2D eigenvalue weighted by Gasteiger charge is 2.36. The predicted octanol–water partition coefficient (Wildman–Crippen LogP) is 1.38. The van der Waals surface area contributed by atoms with Crippen molar-refractivity contribution in [2.45, 2.75) is 12.3 Å². The summed E-state index contributed by atoms with van der Waals surface area (Å²) in [6.07, 6.45) is -4.66. The molecule has 1 unspecified atom stereocenters. The second-order valence-electron chi connectivity index (χ2n) is 3.37. The fourth-order valence-corrected chi connectivity index (χ4v) is 1.86. The third kappa shape index (κ3) is 3.51. The molecule has 2 heterocycles. The SMILES string of the molecule is FC(F)(F)c1nsc(NCC2COCCO2)n1. The molecular weight excluding hydrogens is 259 g/mol. The number of anilines is 1. The summed E-state index contributed by atoms with van der Waals surface area (Å²) in [5.41, 5.74) is 0. The van der Waals surface area contributed by atoms with Crippen molar-refractivity contribution in [3.05, 3.63) is 5.82 Å². The average Bonchev–Trinajstić information content (AvgIpc) is 2.76. The Labute approximate surface area is 99.1 Å². The lowest BCUT2D eigenvalue weighted by Crippen LogP contribution is -2.34. The highest BCUT2D eigenvalue weighted by molar-refractivity contribution is 7.09. The predicted molar refractivity (Wildman–Crippen MR) is 54.0 cm³/mol. The number of nitrogens with one attached hydrogen (secondary N) is 1. The molecule has 1 N–H and O–H groups in total. The molecule has 0 bridgehead atoms. The average molecular weight is 269 g/mol. The molecule has 0 radical (unpaired) electrons. The molecule has 2 rings (SSSR count). The second kappa shape index (κ2) is 5.15. The van der Waals surface area contributed by atoms with Gasteiger partial charge in [-0.3, -0.25) is 0 Å². The molecule has 96 valence electrons. The van der Waals surface area contributed by atoms with Gasteiger partial charge in [0, 0.05) is 18.1 Å². The van der Waals surface area contributed by atoms with Crippen LogP contribution < -0.4 is 5.32 Å². The Bertz CT molecular complexity index is 365. The lowest BCUT2D eigenvalue weighted by atomic mass is 10.3. The Balaban J connectivity index is 1.84. The number of alkyl halides is 3. The molecule has 1 aromatic rings. The van der Waals surface area contributed by atoms with Crippen LogP contribution in [0.15, 0.2) is 0 Å². The molecule has 1 fully saturated rings. The molecule has 0 aromatic carbocycles. The highest BCUT2D eigenvalue weighted by atomic mass is 32.1. The number of halogens is 3. The van der Waals surface area contributed by atoms with Crippen molar-refractivity contribution >= 4 is 16.7 Å². The minimum absolute atomic E-state index is 0.131. The molecule has 0 saturated carbocycles. The maximum atomic E-state index is 12.2. The summed E-state index contributed by atoms with van der Waals surface area (Å²) in [4.78, 5) is 3.34. The maximum absolute atomic E-state index is 12.2. The number of hydrogen-bond donors (Lipinski definition) is 1. The molecular formula is C8H10F3N3O2S. The summed E-state index contributed by atoms with van der Waals surface area (Å²) >= 11 is 0.676. The Morgan fingerprint density at radius 2 is 2.24 bits per heavy atom. The molecule has 1 atom stereocenters. The molecule has 9 heteroatoms. The van der Waals surface area contributed by atoms with Crippen molar-refractivity contribution in [3.63, 3.8) is 0 Å². The van der Waals surface area contributed by atoms with Gasteiger partial charge in [0.15, 0.2) is 0 Å². The van der Waals surface area contributed by atoms with Gasteiger partial charge in [-0.2, -0.15) is 22.5 Å². The van der Waals surface area contributed by atoms with E-state index >= 15 is 0 Å². The van der Waals surface area contributed by atoms with Gasteiger partial charge in [0.2, 0.25) is 11.0 Å². The molecule has 0 spiro atoms. The maximum Gasteiger partial charge on any atom is 0.452 e. The zero-order chi connectivity index (χ0) is 12.3. The largest absolute Gasteiger partial charge is 0.452 e. The highest BCUT2D eigenvalue weighted by Crippen LogP contribution is 2.28. The quantitative estimate of drug-likeness (QED) is 0.898. The van der Waals surface area contributed by atoms with E-state index in [2.05, 4.69) is 14.7 Å². The van der Waals surface area contributed by atoms with Gasteiger partial charge in [-0.25, -0.2) is 0 Å². The first kappa shape index (κ1) is 12.5. The molecule has 17 heavy (non-hydrogen) atoms. The fourth-order valence-electron chi connectivity index (χ4n) is 1.27. The van der Waals surface area contributed by atoms with Gasteiger partial charge in [-0.15, -0.1) is 0 Å². The first-order valence-corrected chi connectivity index (χ1v) is 5.67. The summed E-state index contributed by atoms with van der Waals surface area (Å²) in [5, 5.41) is 2.88. The smallest absolute Gasteiger partial charge is 0.376 e. The van der Waals surface area contributed by atoms with Crippen molar-refractivity contribution in [2.24, 2.45) is 0 Å². The van der Waals surface area contributed by atoms with Gasteiger partial charge < -0.3 is 14.8 Å². The van der Waals surface area contributed by atoms with E-state index in [0.29, 0.717) is 37.9 Å². The molecule has 1 aromatic heterocycles. The van der Waals surface area contributed by atoms with Gasteiger partial charge in [0.25, 0.3) is 0 Å². The Kier molecular flexibility index (Phi) is 3.79. The first-order chi connectivity index (χ1) is 8.05. The van der Waals surface area contributed by atoms with E-state index in [0.717, 1.165) is 0 Å². The molecule has 0 amide bonds. The van der Waals surface area contributed by atoms with Crippen LogP contribution in [0.2, 0.25) is 0 Å². The number of nitrogens with zero attached hydrogens (tertiary/aromatic N) is 2. The van der Waals surface area contributed by atoms with Crippen LogP contribution in [0.4, 0.5) is 18.3 Å². The van der Waals surface area contributed by atoms with E-state index in [1.165, 1.54) is 0 Å². The summed E-state index contributed by atoms with van der Waals surface area (Å²) in [7, 11) is 0. The fraction of sp³-hybridized carbons (Fsp3) is 0.750.